The molecule has 0 unspecified atom stereocenters. The minimum atomic E-state index is 0. The van der Waals surface area contributed by atoms with E-state index in [1.54, 1.807) is 25.6 Å². The second-order valence-electron chi connectivity index (χ2n) is 7.91. The summed E-state index contributed by atoms with van der Waals surface area (Å²) in [5.41, 5.74) is 8.18. The molecule has 0 atom stereocenters. The Morgan fingerprint density at radius 3 is 2.46 bits per heavy atom. The van der Waals surface area contributed by atoms with Crippen LogP contribution in [0.25, 0.3) is 11.6 Å². The smallest absolute Gasteiger partial charge is 0.191 e. The zero-order valence-electron chi connectivity index (χ0n) is 23.2. The van der Waals surface area contributed by atoms with Crippen molar-refractivity contribution in [3.63, 3.8) is 0 Å². The third-order valence-corrected chi connectivity index (χ3v) is 5.44. The first kappa shape index (κ1) is 33.2. The van der Waals surface area contributed by atoms with Gasteiger partial charge in [0, 0.05) is 44.5 Å². The SMILES string of the molecule is C.CC.CCN(CCNCCn1ncc(C)c1N)c1ccc(OCCOC)cc1.c1coc(-c2ncn[nH]2)c1. The van der Waals surface area contributed by atoms with Gasteiger partial charge in [0.25, 0.3) is 0 Å². The summed E-state index contributed by atoms with van der Waals surface area (Å²) in [6.45, 7) is 13.7. The van der Waals surface area contributed by atoms with Crippen molar-refractivity contribution < 1.29 is 13.9 Å². The summed E-state index contributed by atoms with van der Waals surface area (Å²) in [5, 5.41) is 14.1. The van der Waals surface area contributed by atoms with Gasteiger partial charge in [-0.3, -0.25) is 5.10 Å². The molecule has 1 aromatic carbocycles. The number of aryl methyl sites for hydroxylation is 1. The summed E-state index contributed by atoms with van der Waals surface area (Å²) in [7, 11) is 1.67. The van der Waals surface area contributed by atoms with Crippen LogP contribution in [0.1, 0.15) is 33.8 Å². The van der Waals surface area contributed by atoms with Crippen LogP contribution in [0.2, 0.25) is 0 Å². The van der Waals surface area contributed by atoms with Crippen molar-refractivity contribution in [3.8, 4) is 17.3 Å². The Bertz CT molecular complexity index is 1060. The van der Waals surface area contributed by atoms with Crippen LogP contribution in [0.3, 0.4) is 0 Å². The minimum Gasteiger partial charge on any atom is -0.491 e. The fourth-order valence-corrected chi connectivity index (χ4v) is 3.39. The highest BCUT2D eigenvalue weighted by Gasteiger charge is 2.06. The Kier molecular flexibility index (Phi) is 16.4. The highest BCUT2D eigenvalue weighted by atomic mass is 16.5. The van der Waals surface area contributed by atoms with Crippen LogP contribution in [0.5, 0.6) is 5.75 Å². The van der Waals surface area contributed by atoms with Crippen molar-refractivity contribution in [2.45, 2.75) is 41.7 Å². The van der Waals surface area contributed by atoms with Crippen molar-refractivity contribution in [2.75, 3.05) is 57.1 Å². The molecule has 0 bridgehead atoms. The topological polar surface area (TPSA) is 132 Å². The van der Waals surface area contributed by atoms with E-state index in [4.69, 9.17) is 19.6 Å². The number of hydrogen-bond donors (Lipinski definition) is 3. The van der Waals surface area contributed by atoms with Crippen LogP contribution in [-0.2, 0) is 11.3 Å². The maximum absolute atomic E-state index is 5.96. The number of anilines is 2. The van der Waals surface area contributed by atoms with Crippen molar-refractivity contribution in [1.82, 2.24) is 30.3 Å². The Morgan fingerprint density at radius 2 is 1.90 bits per heavy atom. The largest absolute Gasteiger partial charge is 0.491 e. The third kappa shape index (κ3) is 11.2. The number of nitrogen functional groups attached to an aromatic ring is 1. The minimum absolute atomic E-state index is 0. The Balaban J connectivity index is 0.000000484. The molecular weight excluding hydrogens is 496 g/mol. The number of nitrogens with zero attached hydrogens (tertiary/aromatic N) is 5. The Morgan fingerprint density at radius 1 is 1.13 bits per heavy atom. The Labute approximate surface area is 232 Å². The highest BCUT2D eigenvalue weighted by Crippen LogP contribution is 2.19. The fraction of sp³-hybridized carbons (Fsp3) is 0.464. The predicted molar refractivity (Wildman–Crippen MR) is 158 cm³/mol. The lowest BCUT2D eigenvalue weighted by atomic mass is 10.2. The van der Waals surface area contributed by atoms with Gasteiger partial charge >= 0.3 is 0 Å². The average molecular weight is 543 g/mol. The number of rotatable bonds is 13. The normalized spacial score (nSPS) is 9.97. The third-order valence-electron chi connectivity index (χ3n) is 5.44. The van der Waals surface area contributed by atoms with Crippen molar-refractivity contribution >= 4 is 11.5 Å². The van der Waals surface area contributed by atoms with Crippen LogP contribution in [0.15, 0.2) is 59.6 Å². The molecule has 3 heterocycles. The van der Waals surface area contributed by atoms with Gasteiger partial charge in [-0.1, -0.05) is 21.3 Å². The van der Waals surface area contributed by atoms with Crippen LogP contribution in [-0.4, -0.2) is 71.5 Å². The average Bonchev–Trinajstić information content (AvgIpc) is 3.73. The van der Waals surface area contributed by atoms with Crippen molar-refractivity contribution in [1.29, 1.82) is 0 Å². The van der Waals surface area contributed by atoms with E-state index < -0.39 is 0 Å². The summed E-state index contributed by atoms with van der Waals surface area (Å²) in [6.07, 6.45) is 4.84. The molecule has 11 heteroatoms. The second kappa shape index (κ2) is 19.3. The van der Waals surface area contributed by atoms with E-state index in [-0.39, 0.29) is 7.43 Å². The summed E-state index contributed by atoms with van der Waals surface area (Å²) >= 11 is 0. The van der Waals surface area contributed by atoms with E-state index in [9.17, 15) is 0 Å². The number of H-pyrrole nitrogens is 1. The van der Waals surface area contributed by atoms with Crippen LogP contribution in [0, 0.1) is 6.92 Å². The number of methoxy groups -OCH3 is 1. The summed E-state index contributed by atoms with van der Waals surface area (Å²) in [6, 6.07) is 11.8. The molecular formula is C28H46N8O3. The number of benzene rings is 1. The van der Waals surface area contributed by atoms with E-state index in [2.05, 4.69) is 49.6 Å². The lowest BCUT2D eigenvalue weighted by molar-refractivity contribution is 0.146. The first-order chi connectivity index (χ1) is 18.6. The lowest BCUT2D eigenvalue weighted by Crippen LogP contribution is -2.33. The molecule has 0 amide bonds. The van der Waals surface area contributed by atoms with Crippen molar-refractivity contribution in [3.05, 3.63) is 60.7 Å². The molecule has 0 spiro atoms. The van der Waals surface area contributed by atoms with Gasteiger partial charge in [-0.15, -0.1) is 0 Å². The van der Waals surface area contributed by atoms with E-state index in [1.807, 2.05) is 43.7 Å². The standard InChI is InChI=1S/C19H31N5O2.C6H5N3O.C2H6.CH4/c1-4-23(17-5-7-18(8-6-17)26-14-13-25-3)11-9-21-10-12-24-19(20)16(2)15-22-24;1-2-5(10-3-1)6-7-4-8-9-6;1-2;/h5-8,15,21H,4,9-14,20H2,1-3H3;1-4H,(H,7,8,9);1-2H3;1H4. The Hall–Kier alpha value is -3.83. The van der Waals surface area contributed by atoms with Gasteiger partial charge in [-0.25, -0.2) is 9.67 Å². The first-order valence-corrected chi connectivity index (χ1v) is 13.0. The predicted octanol–water partition coefficient (Wildman–Crippen LogP) is 4.64. The van der Waals surface area contributed by atoms with E-state index in [1.165, 1.54) is 12.0 Å². The molecule has 0 aliphatic heterocycles. The number of nitrogens with one attached hydrogen (secondary N) is 2. The molecule has 0 aliphatic carbocycles. The summed E-state index contributed by atoms with van der Waals surface area (Å²) in [5.74, 6) is 2.98. The first-order valence-electron chi connectivity index (χ1n) is 13.0. The van der Waals surface area contributed by atoms with Gasteiger partial charge in [-0.05, 0) is 50.2 Å². The van der Waals surface area contributed by atoms with Gasteiger partial charge < -0.3 is 29.8 Å². The number of likely N-dealkylation sites (N-methyl/N-ethyl adjacent to an activating group) is 1. The zero-order chi connectivity index (χ0) is 27.6. The maximum Gasteiger partial charge on any atom is 0.191 e. The second-order valence-corrected chi connectivity index (χ2v) is 7.91. The molecule has 4 N–H and O–H groups in total. The van der Waals surface area contributed by atoms with Gasteiger partial charge in [0.05, 0.1) is 25.6 Å². The molecule has 0 saturated carbocycles. The maximum atomic E-state index is 5.96. The number of furan rings is 1. The molecule has 0 fully saturated rings. The van der Waals surface area contributed by atoms with Crippen LogP contribution < -0.4 is 20.7 Å². The van der Waals surface area contributed by atoms with E-state index in [0.717, 1.165) is 49.9 Å². The fourth-order valence-electron chi connectivity index (χ4n) is 3.39. The number of hydrogen-bond acceptors (Lipinski definition) is 9. The van der Waals surface area contributed by atoms with Gasteiger partial charge in [0.1, 0.15) is 24.5 Å². The zero-order valence-corrected chi connectivity index (χ0v) is 23.2. The van der Waals surface area contributed by atoms with Crippen LogP contribution in [0.4, 0.5) is 11.5 Å². The van der Waals surface area contributed by atoms with E-state index in [0.29, 0.717) is 24.8 Å². The molecule has 39 heavy (non-hydrogen) atoms. The van der Waals surface area contributed by atoms with Gasteiger partial charge in [-0.2, -0.15) is 10.2 Å². The highest BCUT2D eigenvalue weighted by molar-refractivity contribution is 5.49. The molecule has 4 rings (SSSR count). The van der Waals surface area contributed by atoms with Crippen molar-refractivity contribution in [2.24, 2.45) is 0 Å². The molecule has 0 radical (unpaired) electrons. The molecule has 3 aromatic heterocycles. The summed E-state index contributed by atoms with van der Waals surface area (Å²) < 4.78 is 17.5. The summed E-state index contributed by atoms with van der Waals surface area (Å²) in [4.78, 5) is 6.23. The van der Waals surface area contributed by atoms with Crippen LogP contribution >= 0.6 is 0 Å². The number of aromatic nitrogens is 5. The monoisotopic (exact) mass is 542 g/mol. The molecule has 11 nitrogen and oxygen atoms in total. The van der Waals surface area contributed by atoms with Gasteiger partial charge in [0.2, 0.25) is 0 Å². The molecule has 0 saturated heterocycles. The van der Waals surface area contributed by atoms with Gasteiger partial charge in [0.15, 0.2) is 11.6 Å². The molecule has 0 aliphatic rings. The molecule has 216 valence electrons. The number of aromatic amines is 1. The lowest BCUT2D eigenvalue weighted by Gasteiger charge is -2.23. The number of ether oxygens (including phenoxy) is 2. The van der Waals surface area contributed by atoms with E-state index >= 15 is 0 Å². The quantitative estimate of drug-likeness (QED) is 0.207. The molecule has 4 aromatic rings. The number of nitrogens with two attached hydrogens (primary N) is 1.